The first-order valence-corrected chi connectivity index (χ1v) is 11.3. The Hall–Kier alpha value is -3.45. The summed E-state index contributed by atoms with van der Waals surface area (Å²) in [7, 11) is 0. The molecular weight excluding hydrogens is 419 g/mol. The number of carbonyl (C=O) groups is 1. The lowest BCUT2D eigenvalue weighted by atomic mass is 10.2. The molecule has 0 bridgehead atoms. The summed E-state index contributed by atoms with van der Waals surface area (Å²) in [5, 5.41) is 2.81. The van der Waals surface area contributed by atoms with Crippen LogP contribution in [0.15, 0.2) is 77.7 Å². The van der Waals surface area contributed by atoms with E-state index in [2.05, 4.69) is 22.3 Å². The van der Waals surface area contributed by atoms with Gasteiger partial charge in [0.05, 0.1) is 6.54 Å². The van der Waals surface area contributed by atoms with E-state index >= 15 is 0 Å². The molecule has 33 heavy (non-hydrogen) atoms. The maximum atomic E-state index is 13.2. The number of likely N-dealkylation sites (N-methyl/N-ethyl adjacent to an activating group) is 1. The number of anilines is 1. The van der Waals surface area contributed by atoms with Gasteiger partial charge in [-0.1, -0.05) is 42.5 Å². The highest BCUT2D eigenvalue weighted by Crippen LogP contribution is 2.19. The van der Waals surface area contributed by atoms with Crippen molar-refractivity contribution in [1.82, 2.24) is 14.4 Å². The molecule has 1 aliphatic rings. The first-order chi connectivity index (χ1) is 16.0. The van der Waals surface area contributed by atoms with Gasteiger partial charge in [-0.15, -0.1) is 0 Å². The largest absolute Gasteiger partial charge is 0.322 e. The molecule has 3 aromatic rings. The molecule has 1 N–H and O–H groups in total. The molecule has 0 aliphatic carbocycles. The van der Waals surface area contributed by atoms with Crippen molar-refractivity contribution in [2.75, 3.05) is 25.0 Å². The topological polar surface area (TPSA) is 57.6 Å². The van der Waals surface area contributed by atoms with Gasteiger partial charge in [-0.3, -0.25) is 9.69 Å². The number of amides is 2. The number of nitrogens with zero attached hydrogens (tertiary/aromatic N) is 3. The number of benzene rings is 2. The van der Waals surface area contributed by atoms with Crippen molar-refractivity contribution in [1.29, 1.82) is 0 Å². The molecule has 0 spiro atoms. The van der Waals surface area contributed by atoms with Crippen molar-refractivity contribution in [2.24, 2.45) is 0 Å². The summed E-state index contributed by atoms with van der Waals surface area (Å²) in [5.41, 5.74) is 2.02. The molecule has 2 aromatic carbocycles. The quantitative estimate of drug-likeness (QED) is 0.590. The summed E-state index contributed by atoms with van der Waals surface area (Å²) in [4.78, 5) is 30.1. The first kappa shape index (κ1) is 22.7. The summed E-state index contributed by atoms with van der Waals surface area (Å²) in [6.45, 7) is 5.42. The Morgan fingerprint density at radius 1 is 1.03 bits per heavy atom. The minimum atomic E-state index is -0.319. The number of pyridine rings is 1. The second-order valence-electron chi connectivity index (χ2n) is 8.36. The van der Waals surface area contributed by atoms with E-state index in [0.717, 1.165) is 31.6 Å². The van der Waals surface area contributed by atoms with Crippen LogP contribution in [0, 0.1) is 5.82 Å². The van der Waals surface area contributed by atoms with Gasteiger partial charge in [-0.2, -0.15) is 0 Å². The molecule has 7 heteroatoms. The molecule has 2 heterocycles. The van der Waals surface area contributed by atoms with Crippen molar-refractivity contribution >= 4 is 11.7 Å². The van der Waals surface area contributed by atoms with Crippen LogP contribution in [0.3, 0.4) is 0 Å². The summed E-state index contributed by atoms with van der Waals surface area (Å²) in [6, 6.07) is 19.5. The monoisotopic (exact) mass is 448 g/mol. The van der Waals surface area contributed by atoms with Gasteiger partial charge in [-0.25, -0.2) is 9.18 Å². The van der Waals surface area contributed by atoms with Crippen LogP contribution in [-0.4, -0.2) is 46.1 Å². The van der Waals surface area contributed by atoms with Crippen LogP contribution in [0.4, 0.5) is 14.9 Å². The van der Waals surface area contributed by atoms with Gasteiger partial charge in [0.25, 0.3) is 5.56 Å². The molecule has 172 valence electrons. The van der Waals surface area contributed by atoms with Crippen LogP contribution in [0.5, 0.6) is 0 Å². The van der Waals surface area contributed by atoms with Gasteiger partial charge < -0.3 is 14.8 Å². The molecule has 1 aromatic heterocycles. The van der Waals surface area contributed by atoms with Gasteiger partial charge >= 0.3 is 6.03 Å². The number of aromatic nitrogens is 1. The summed E-state index contributed by atoms with van der Waals surface area (Å²) < 4.78 is 14.7. The number of urea groups is 1. The van der Waals surface area contributed by atoms with Gasteiger partial charge in [0.2, 0.25) is 0 Å². The van der Waals surface area contributed by atoms with Gasteiger partial charge in [0.1, 0.15) is 11.5 Å². The van der Waals surface area contributed by atoms with Crippen molar-refractivity contribution < 1.29 is 9.18 Å². The molecule has 1 saturated heterocycles. The van der Waals surface area contributed by atoms with Gasteiger partial charge in [0.15, 0.2) is 0 Å². The van der Waals surface area contributed by atoms with Crippen molar-refractivity contribution in [3.8, 4) is 0 Å². The molecule has 1 atom stereocenters. The molecule has 0 radical (unpaired) electrons. The van der Waals surface area contributed by atoms with Crippen molar-refractivity contribution in [3.63, 3.8) is 0 Å². The fraction of sp³-hybridized carbons (Fsp3) is 0.308. The maximum Gasteiger partial charge on any atom is 0.322 e. The smallest absolute Gasteiger partial charge is 0.320 e. The number of carbonyl (C=O) groups excluding carboxylic acids is 1. The third-order valence-corrected chi connectivity index (χ3v) is 6.07. The summed E-state index contributed by atoms with van der Waals surface area (Å²) in [5.74, 6) is -0.319. The Kier molecular flexibility index (Phi) is 7.19. The van der Waals surface area contributed by atoms with Crippen LogP contribution in [0.2, 0.25) is 0 Å². The zero-order valence-electron chi connectivity index (χ0n) is 18.8. The molecule has 1 fully saturated rings. The Bertz CT molecular complexity index is 1130. The number of rotatable bonds is 7. The third-order valence-electron chi connectivity index (χ3n) is 6.07. The Morgan fingerprint density at radius 2 is 1.76 bits per heavy atom. The summed E-state index contributed by atoms with van der Waals surface area (Å²) >= 11 is 0. The zero-order valence-corrected chi connectivity index (χ0v) is 18.8. The molecular formula is C26H29FN4O2. The third kappa shape index (κ3) is 5.68. The number of nitrogens with one attached hydrogen (secondary N) is 1. The minimum absolute atomic E-state index is 0.101. The average molecular weight is 449 g/mol. The minimum Gasteiger partial charge on any atom is -0.320 e. The lowest BCUT2D eigenvalue weighted by Crippen LogP contribution is -2.45. The van der Waals surface area contributed by atoms with Crippen LogP contribution >= 0.6 is 0 Å². The van der Waals surface area contributed by atoms with Crippen LogP contribution < -0.4 is 10.9 Å². The lowest BCUT2D eigenvalue weighted by molar-refractivity contribution is 0.189. The number of hydrogen-bond acceptors (Lipinski definition) is 3. The number of halogens is 1. The van der Waals surface area contributed by atoms with Crippen LogP contribution in [-0.2, 0) is 13.1 Å². The Morgan fingerprint density at radius 3 is 2.48 bits per heavy atom. The van der Waals surface area contributed by atoms with E-state index in [1.165, 1.54) is 22.3 Å². The van der Waals surface area contributed by atoms with Crippen molar-refractivity contribution in [3.05, 3.63) is 100 Å². The van der Waals surface area contributed by atoms with Crippen LogP contribution in [0.1, 0.15) is 24.5 Å². The van der Waals surface area contributed by atoms with E-state index in [1.54, 1.807) is 30.5 Å². The fourth-order valence-corrected chi connectivity index (χ4v) is 4.35. The second kappa shape index (κ2) is 10.4. The van der Waals surface area contributed by atoms with E-state index in [9.17, 15) is 14.0 Å². The SMILES string of the molecule is CCN(C(=O)Nc1cccn(Cc2ccc(F)cc2)c1=O)[C@@H]1CCN(Cc2ccccc2)C1. The zero-order chi connectivity index (χ0) is 23.2. The fourth-order valence-electron chi connectivity index (χ4n) is 4.35. The standard InChI is InChI=1S/C26H29FN4O2/c1-2-31(23-14-16-29(19-23)17-20-7-4-3-5-8-20)26(33)28-24-9-6-15-30(25(24)32)18-21-10-12-22(27)13-11-21/h3-13,15,23H,2,14,16-19H2,1H3,(H,28,33)/t23-/m1/s1. The van der Waals surface area contributed by atoms with Crippen molar-refractivity contribution in [2.45, 2.75) is 32.5 Å². The average Bonchev–Trinajstić information content (AvgIpc) is 3.27. The molecule has 6 nitrogen and oxygen atoms in total. The highest BCUT2D eigenvalue weighted by molar-refractivity contribution is 5.89. The normalized spacial score (nSPS) is 16.0. The van der Waals surface area contributed by atoms with E-state index in [0.29, 0.717) is 13.1 Å². The van der Waals surface area contributed by atoms with E-state index in [-0.39, 0.29) is 29.1 Å². The molecule has 4 rings (SSSR count). The lowest BCUT2D eigenvalue weighted by Gasteiger charge is -2.28. The highest BCUT2D eigenvalue weighted by Gasteiger charge is 2.30. The predicted molar refractivity (Wildman–Crippen MR) is 128 cm³/mol. The van der Waals surface area contributed by atoms with Gasteiger partial charge in [-0.05, 0) is 48.7 Å². The molecule has 0 saturated carbocycles. The maximum absolute atomic E-state index is 13.2. The molecule has 2 amide bonds. The highest BCUT2D eigenvalue weighted by atomic mass is 19.1. The Labute approximate surface area is 193 Å². The molecule has 1 aliphatic heterocycles. The van der Waals surface area contributed by atoms with E-state index < -0.39 is 0 Å². The first-order valence-electron chi connectivity index (χ1n) is 11.3. The van der Waals surface area contributed by atoms with E-state index in [4.69, 9.17) is 0 Å². The molecule has 0 unspecified atom stereocenters. The van der Waals surface area contributed by atoms with Gasteiger partial charge in [0, 0.05) is 38.4 Å². The predicted octanol–water partition coefficient (Wildman–Crippen LogP) is 4.16. The number of likely N-dealkylation sites (tertiary alicyclic amines) is 1. The van der Waals surface area contributed by atoms with Crippen LogP contribution in [0.25, 0.3) is 0 Å². The Balaban J connectivity index is 1.40. The summed E-state index contributed by atoms with van der Waals surface area (Å²) in [6.07, 6.45) is 2.56. The number of hydrogen-bond donors (Lipinski definition) is 1. The second-order valence-corrected chi connectivity index (χ2v) is 8.36. The van der Waals surface area contributed by atoms with E-state index in [1.807, 2.05) is 30.0 Å².